The Balaban J connectivity index is 0.000000280. The van der Waals surface area contributed by atoms with E-state index in [0.29, 0.717) is 50.1 Å². The molecule has 0 aliphatic carbocycles. The molecule has 4 aromatic rings. The molecule has 0 radical (unpaired) electrons. The van der Waals surface area contributed by atoms with Gasteiger partial charge in [0.25, 0.3) is 0 Å². The van der Waals surface area contributed by atoms with Crippen LogP contribution in [0.25, 0.3) is 0 Å². The van der Waals surface area contributed by atoms with Crippen LogP contribution in [0.5, 0.6) is 17.2 Å². The topological polar surface area (TPSA) is 108 Å². The number of hydrogen-bond donors (Lipinski definition) is 1. The highest BCUT2D eigenvalue weighted by molar-refractivity contribution is 14.1. The van der Waals surface area contributed by atoms with E-state index in [9.17, 15) is 9.59 Å². The lowest BCUT2D eigenvalue weighted by Gasteiger charge is -2.14. The fourth-order valence-corrected chi connectivity index (χ4v) is 5.85. The summed E-state index contributed by atoms with van der Waals surface area (Å²) in [5.74, 6) is 1.67. The van der Waals surface area contributed by atoms with Crippen molar-refractivity contribution in [2.45, 2.75) is 34.1 Å². The number of amides is 2. The summed E-state index contributed by atoms with van der Waals surface area (Å²) in [5, 5.41) is 5.34. The van der Waals surface area contributed by atoms with Crippen LogP contribution in [0.3, 0.4) is 0 Å². The first kappa shape index (κ1) is 44.2. The van der Waals surface area contributed by atoms with Gasteiger partial charge in [-0.05, 0) is 132 Å². The SMILES string of the molecule is CC(=O)Oc1c(I)cnc(Cl)c1I.CCOC(=S)COc1ccc(Cl)cc1C.CON(C)C(=O)Nc1ccc(OCCc2ccc(C)cc2)cc1. The van der Waals surface area contributed by atoms with Gasteiger partial charge in [-0.25, -0.2) is 14.8 Å². The average molecular weight is 983 g/mol. The molecule has 15 heteroatoms. The van der Waals surface area contributed by atoms with Crippen LogP contribution in [0.1, 0.15) is 30.5 Å². The standard InChI is InChI=1S/C18H22N2O3.C11H13ClO2S.C7H4ClI2NO2/c1-14-4-6-15(7-5-14)12-13-23-17-10-8-16(9-11-17)19-18(21)20(2)22-3;1-3-13-11(15)7-14-10-5-4-9(12)6-8(10)2;1-3(12)13-6-4(9)2-11-7(8)5(6)10/h4-11H,12-13H2,1-3H3,(H,19,21);4-6H,3,7H2,1-2H3;2H,1H3. The number of rotatable bonds is 11. The van der Waals surface area contributed by atoms with E-state index < -0.39 is 0 Å². The highest BCUT2D eigenvalue weighted by atomic mass is 127. The Morgan fingerprint density at radius 2 is 1.65 bits per heavy atom. The normalized spacial score (nSPS) is 10.0. The van der Waals surface area contributed by atoms with Gasteiger partial charge in [-0.1, -0.05) is 53.0 Å². The van der Waals surface area contributed by atoms with E-state index in [2.05, 4.69) is 41.5 Å². The highest BCUT2D eigenvalue weighted by Crippen LogP contribution is 2.31. The number of anilines is 1. The Hall–Kier alpha value is -2.96. The number of aromatic nitrogens is 1. The van der Waals surface area contributed by atoms with Crippen LogP contribution in [-0.4, -0.2) is 61.1 Å². The maximum Gasteiger partial charge on any atom is 0.345 e. The van der Waals surface area contributed by atoms with Gasteiger partial charge in [0.05, 0.1) is 27.5 Å². The van der Waals surface area contributed by atoms with Gasteiger partial charge in [-0.15, -0.1) is 0 Å². The largest absolute Gasteiger partial charge is 0.493 e. The Bertz CT molecular complexity index is 1730. The van der Waals surface area contributed by atoms with Crippen molar-refractivity contribution < 1.29 is 33.4 Å². The number of hydrogen-bond acceptors (Lipinski definition) is 9. The summed E-state index contributed by atoms with van der Waals surface area (Å²) in [7, 11) is 2.97. The van der Waals surface area contributed by atoms with E-state index in [-0.39, 0.29) is 12.0 Å². The molecule has 0 saturated heterocycles. The van der Waals surface area contributed by atoms with E-state index in [1.165, 1.54) is 32.2 Å². The monoisotopic (exact) mass is 981 g/mol. The molecule has 0 aliphatic heterocycles. The molecule has 0 atom stereocenters. The first-order valence-electron chi connectivity index (χ1n) is 15.3. The molecular formula is C36H39Cl2I2N3O7S. The number of halogens is 4. The van der Waals surface area contributed by atoms with Crippen molar-refractivity contribution in [2.75, 3.05) is 39.3 Å². The first-order chi connectivity index (χ1) is 24.2. The summed E-state index contributed by atoms with van der Waals surface area (Å²) >= 11 is 20.5. The Morgan fingerprint density at radius 1 is 0.980 bits per heavy atom. The van der Waals surface area contributed by atoms with Gasteiger partial charge in [-0.2, -0.15) is 0 Å². The summed E-state index contributed by atoms with van der Waals surface area (Å²) < 4.78 is 22.7. The maximum absolute atomic E-state index is 11.6. The third kappa shape index (κ3) is 16.9. The maximum atomic E-state index is 11.6. The zero-order valence-corrected chi connectivity index (χ0v) is 35.6. The van der Waals surface area contributed by atoms with Gasteiger partial charge in [0.15, 0.2) is 17.4 Å². The zero-order chi connectivity index (χ0) is 37.9. The molecule has 1 heterocycles. The van der Waals surface area contributed by atoms with Crippen molar-refractivity contribution in [3.63, 3.8) is 0 Å². The molecule has 0 saturated carbocycles. The van der Waals surface area contributed by atoms with Crippen LogP contribution in [0.15, 0.2) is 72.9 Å². The summed E-state index contributed by atoms with van der Waals surface area (Å²) in [6, 6.07) is 20.8. The van der Waals surface area contributed by atoms with Crippen molar-refractivity contribution in [2.24, 2.45) is 0 Å². The van der Waals surface area contributed by atoms with Crippen LogP contribution in [0, 0.1) is 21.0 Å². The van der Waals surface area contributed by atoms with Crippen molar-refractivity contribution in [1.29, 1.82) is 0 Å². The molecule has 0 spiro atoms. The van der Waals surface area contributed by atoms with E-state index in [0.717, 1.165) is 32.1 Å². The summed E-state index contributed by atoms with van der Waals surface area (Å²) in [6.07, 6.45) is 2.42. The zero-order valence-electron chi connectivity index (χ0n) is 28.9. The average Bonchev–Trinajstić information content (AvgIpc) is 3.10. The Labute approximate surface area is 341 Å². The number of aryl methyl sites for hydroxylation is 2. The summed E-state index contributed by atoms with van der Waals surface area (Å²) in [4.78, 5) is 31.1. The first-order valence-corrected chi connectivity index (χ1v) is 18.7. The number of pyridine rings is 1. The molecule has 274 valence electrons. The third-order valence-corrected chi connectivity index (χ3v) is 9.21. The quantitative estimate of drug-likeness (QED) is 0.0517. The second-order valence-corrected chi connectivity index (χ2v) is 13.8. The number of carbonyl (C=O) groups excluding carboxylic acids is 2. The second-order valence-electron chi connectivity index (χ2n) is 10.4. The molecule has 1 aromatic heterocycles. The number of thiocarbonyl (C=S) groups is 1. The van der Waals surface area contributed by atoms with Crippen LogP contribution >= 0.6 is 80.6 Å². The number of carbonyl (C=O) groups is 2. The fraction of sp³-hybridized carbons (Fsp3) is 0.278. The van der Waals surface area contributed by atoms with Crippen molar-refractivity contribution in [1.82, 2.24) is 10.0 Å². The highest BCUT2D eigenvalue weighted by Gasteiger charge is 2.13. The number of benzene rings is 3. The summed E-state index contributed by atoms with van der Waals surface area (Å²) in [5.41, 5.74) is 4.18. The molecular weight excluding hydrogens is 943 g/mol. The third-order valence-electron chi connectivity index (χ3n) is 6.37. The molecule has 4 rings (SSSR count). The second kappa shape index (κ2) is 23.6. The van der Waals surface area contributed by atoms with Crippen molar-refractivity contribution in [3.05, 3.63) is 107 Å². The minimum atomic E-state index is -0.363. The molecule has 2 amide bonds. The van der Waals surface area contributed by atoms with Crippen LogP contribution in [0.2, 0.25) is 10.2 Å². The van der Waals surface area contributed by atoms with Gasteiger partial charge in [0.2, 0.25) is 0 Å². The lowest BCUT2D eigenvalue weighted by atomic mass is 10.1. The fourth-order valence-electron chi connectivity index (χ4n) is 3.74. The molecule has 0 bridgehead atoms. The van der Waals surface area contributed by atoms with Crippen molar-refractivity contribution in [3.8, 4) is 17.2 Å². The molecule has 10 nitrogen and oxygen atoms in total. The summed E-state index contributed by atoms with van der Waals surface area (Å²) in [6.45, 7) is 8.73. The smallest absolute Gasteiger partial charge is 0.345 e. The van der Waals surface area contributed by atoms with E-state index >= 15 is 0 Å². The number of esters is 1. The predicted molar refractivity (Wildman–Crippen MR) is 223 cm³/mol. The molecule has 0 fully saturated rings. The Morgan fingerprint density at radius 3 is 2.24 bits per heavy atom. The van der Waals surface area contributed by atoms with Gasteiger partial charge < -0.3 is 24.3 Å². The van der Waals surface area contributed by atoms with Gasteiger partial charge in [-0.3, -0.25) is 9.63 Å². The van der Waals surface area contributed by atoms with E-state index in [1.54, 1.807) is 24.4 Å². The van der Waals surface area contributed by atoms with E-state index in [4.69, 9.17) is 59.2 Å². The van der Waals surface area contributed by atoms with E-state index in [1.807, 2.05) is 83.3 Å². The van der Waals surface area contributed by atoms with Gasteiger partial charge >= 0.3 is 12.0 Å². The molecule has 0 unspecified atom stereocenters. The minimum Gasteiger partial charge on any atom is -0.493 e. The van der Waals surface area contributed by atoms with Gasteiger partial charge in [0.1, 0.15) is 16.7 Å². The van der Waals surface area contributed by atoms with Crippen LogP contribution in [0.4, 0.5) is 10.5 Å². The number of nitrogens with one attached hydrogen (secondary N) is 1. The predicted octanol–water partition coefficient (Wildman–Crippen LogP) is 9.90. The van der Waals surface area contributed by atoms with Crippen LogP contribution < -0.4 is 19.5 Å². The lowest BCUT2D eigenvalue weighted by Crippen LogP contribution is -2.30. The number of urea groups is 1. The Kier molecular flexibility index (Phi) is 20.4. The minimum absolute atomic E-state index is 0.297. The van der Waals surface area contributed by atoms with Crippen molar-refractivity contribution >= 4 is 103 Å². The molecule has 51 heavy (non-hydrogen) atoms. The van der Waals surface area contributed by atoms with Crippen LogP contribution in [-0.2, 0) is 20.8 Å². The molecule has 0 aliphatic rings. The molecule has 3 aromatic carbocycles. The lowest BCUT2D eigenvalue weighted by molar-refractivity contribution is -0.132. The molecule has 1 N–H and O–H groups in total. The number of hydroxylamine groups is 2. The number of nitrogens with zero attached hydrogens (tertiary/aromatic N) is 2. The van der Waals surface area contributed by atoms with Gasteiger partial charge in [0, 0.05) is 37.3 Å². The number of ether oxygens (including phenoxy) is 4.